The summed E-state index contributed by atoms with van der Waals surface area (Å²) in [5.41, 5.74) is 2.12. The van der Waals surface area contributed by atoms with E-state index in [0.29, 0.717) is 13.1 Å². The Morgan fingerprint density at radius 3 is 2.43 bits per heavy atom. The van der Waals surface area contributed by atoms with E-state index in [1.165, 1.54) is 0 Å². The van der Waals surface area contributed by atoms with Crippen molar-refractivity contribution < 1.29 is 14.7 Å². The van der Waals surface area contributed by atoms with E-state index in [1.54, 1.807) is 0 Å². The standard InChI is InChI=1S/C9H18N2O3/c1-8(2,3)14-11-9(4-7(12)13)5-10-6-9/h10-11H,4-6H2,1-3H3,(H,12,13). The van der Waals surface area contributed by atoms with E-state index in [4.69, 9.17) is 9.94 Å². The van der Waals surface area contributed by atoms with Crippen molar-refractivity contribution in [1.82, 2.24) is 10.8 Å². The van der Waals surface area contributed by atoms with Gasteiger partial charge < -0.3 is 10.4 Å². The molecule has 0 radical (unpaired) electrons. The van der Waals surface area contributed by atoms with Crippen molar-refractivity contribution in [3.8, 4) is 0 Å². The Labute approximate surface area is 83.8 Å². The monoisotopic (exact) mass is 202 g/mol. The Balaban J connectivity index is 2.42. The van der Waals surface area contributed by atoms with E-state index in [1.807, 2.05) is 20.8 Å². The van der Waals surface area contributed by atoms with Crippen molar-refractivity contribution >= 4 is 5.97 Å². The molecule has 0 aromatic rings. The molecule has 1 fully saturated rings. The zero-order valence-electron chi connectivity index (χ0n) is 8.89. The third-order valence-corrected chi connectivity index (χ3v) is 1.99. The van der Waals surface area contributed by atoms with E-state index in [0.717, 1.165) is 0 Å². The van der Waals surface area contributed by atoms with Crippen LogP contribution >= 0.6 is 0 Å². The second-order valence-electron chi connectivity index (χ2n) is 4.77. The lowest BCUT2D eigenvalue weighted by atomic mass is 9.90. The van der Waals surface area contributed by atoms with Gasteiger partial charge in [-0.3, -0.25) is 9.63 Å². The highest BCUT2D eigenvalue weighted by Gasteiger charge is 2.40. The van der Waals surface area contributed by atoms with E-state index < -0.39 is 11.5 Å². The second kappa shape index (κ2) is 3.84. The van der Waals surface area contributed by atoms with Crippen LogP contribution in [0.25, 0.3) is 0 Å². The van der Waals surface area contributed by atoms with Crippen LogP contribution in [0.1, 0.15) is 27.2 Å². The van der Waals surface area contributed by atoms with Crippen LogP contribution in [0.15, 0.2) is 0 Å². The summed E-state index contributed by atoms with van der Waals surface area (Å²) in [6.07, 6.45) is 0.0794. The van der Waals surface area contributed by atoms with Gasteiger partial charge in [0.2, 0.25) is 0 Å². The van der Waals surface area contributed by atoms with Crippen LogP contribution in [0, 0.1) is 0 Å². The van der Waals surface area contributed by atoms with E-state index in [9.17, 15) is 4.79 Å². The van der Waals surface area contributed by atoms with Crippen molar-refractivity contribution in [2.45, 2.75) is 38.3 Å². The molecule has 0 saturated carbocycles. The topological polar surface area (TPSA) is 70.6 Å². The number of carbonyl (C=O) groups is 1. The highest BCUT2D eigenvalue weighted by molar-refractivity contribution is 5.68. The van der Waals surface area contributed by atoms with Gasteiger partial charge in [-0.2, -0.15) is 5.48 Å². The first kappa shape index (κ1) is 11.4. The minimum atomic E-state index is -0.809. The number of rotatable bonds is 4. The zero-order chi connectivity index (χ0) is 10.8. The quantitative estimate of drug-likeness (QED) is 0.565. The number of carboxylic acids is 1. The highest BCUT2D eigenvalue weighted by atomic mass is 16.7. The lowest BCUT2D eigenvalue weighted by Crippen LogP contribution is -2.69. The van der Waals surface area contributed by atoms with Crippen LogP contribution in [-0.2, 0) is 9.63 Å². The van der Waals surface area contributed by atoms with Crippen molar-refractivity contribution in [3.05, 3.63) is 0 Å². The summed E-state index contributed by atoms with van der Waals surface area (Å²) in [5.74, 6) is -0.809. The van der Waals surface area contributed by atoms with Crippen LogP contribution in [0.5, 0.6) is 0 Å². The molecule has 5 nitrogen and oxygen atoms in total. The maximum absolute atomic E-state index is 10.6. The molecular weight excluding hydrogens is 184 g/mol. The first-order valence-corrected chi connectivity index (χ1v) is 4.71. The largest absolute Gasteiger partial charge is 0.481 e. The highest BCUT2D eigenvalue weighted by Crippen LogP contribution is 2.18. The maximum atomic E-state index is 10.6. The normalized spacial score (nSPS) is 20.2. The zero-order valence-corrected chi connectivity index (χ0v) is 8.89. The number of nitrogens with one attached hydrogen (secondary N) is 2. The third kappa shape index (κ3) is 3.25. The molecule has 1 saturated heterocycles. The minimum Gasteiger partial charge on any atom is -0.481 e. The Kier molecular flexibility index (Phi) is 3.14. The fraction of sp³-hybridized carbons (Fsp3) is 0.889. The molecule has 0 bridgehead atoms. The molecule has 5 heteroatoms. The Bertz CT molecular complexity index is 219. The average Bonchev–Trinajstić information content (AvgIpc) is 1.92. The first-order valence-electron chi connectivity index (χ1n) is 4.71. The van der Waals surface area contributed by atoms with E-state index in [2.05, 4.69) is 10.8 Å². The molecule has 0 aromatic carbocycles. The van der Waals surface area contributed by atoms with Gasteiger partial charge in [-0.05, 0) is 20.8 Å². The molecule has 1 aliphatic rings. The van der Waals surface area contributed by atoms with Crippen molar-refractivity contribution in [1.29, 1.82) is 0 Å². The molecular formula is C9H18N2O3. The van der Waals surface area contributed by atoms with Gasteiger partial charge in [-0.15, -0.1) is 0 Å². The van der Waals surface area contributed by atoms with Crippen molar-refractivity contribution in [3.63, 3.8) is 0 Å². The van der Waals surface area contributed by atoms with Crippen LogP contribution < -0.4 is 10.8 Å². The molecule has 0 unspecified atom stereocenters. The SMILES string of the molecule is CC(C)(C)ONC1(CC(=O)O)CNC1. The molecule has 14 heavy (non-hydrogen) atoms. The molecule has 1 heterocycles. The molecule has 0 amide bonds. The molecule has 0 atom stereocenters. The molecule has 82 valence electrons. The lowest BCUT2D eigenvalue weighted by Gasteiger charge is -2.43. The molecule has 3 N–H and O–H groups in total. The van der Waals surface area contributed by atoms with Gasteiger partial charge in [0.1, 0.15) is 0 Å². The molecule has 1 aliphatic heterocycles. The van der Waals surface area contributed by atoms with Gasteiger partial charge in [0, 0.05) is 13.1 Å². The minimum absolute atomic E-state index is 0.0794. The number of hydrogen-bond acceptors (Lipinski definition) is 4. The van der Waals surface area contributed by atoms with Gasteiger partial charge in [0.15, 0.2) is 0 Å². The number of aliphatic carboxylic acids is 1. The third-order valence-electron chi connectivity index (χ3n) is 1.99. The Morgan fingerprint density at radius 2 is 2.14 bits per heavy atom. The first-order chi connectivity index (χ1) is 6.33. The van der Waals surface area contributed by atoms with Crippen molar-refractivity contribution in [2.75, 3.05) is 13.1 Å². The number of hydroxylamine groups is 1. The number of carboxylic acid groups (broad SMARTS) is 1. The maximum Gasteiger partial charge on any atom is 0.305 e. The predicted molar refractivity (Wildman–Crippen MR) is 51.8 cm³/mol. The van der Waals surface area contributed by atoms with Gasteiger partial charge in [-0.25, -0.2) is 0 Å². The van der Waals surface area contributed by atoms with Gasteiger partial charge in [-0.1, -0.05) is 0 Å². The summed E-state index contributed by atoms with van der Waals surface area (Å²) in [4.78, 5) is 16.0. The average molecular weight is 202 g/mol. The molecule has 1 rings (SSSR count). The summed E-state index contributed by atoms with van der Waals surface area (Å²) >= 11 is 0. The molecule has 0 aromatic heterocycles. The van der Waals surface area contributed by atoms with Crippen LogP contribution in [-0.4, -0.2) is 35.3 Å². The van der Waals surface area contributed by atoms with E-state index in [-0.39, 0.29) is 12.0 Å². The summed E-state index contributed by atoms with van der Waals surface area (Å²) in [5, 5.41) is 11.8. The van der Waals surface area contributed by atoms with Gasteiger partial charge >= 0.3 is 5.97 Å². The van der Waals surface area contributed by atoms with Crippen LogP contribution in [0.3, 0.4) is 0 Å². The Hall–Kier alpha value is -0.650. The Morgan fingerprint density at radius 1 is 1.57 bits per heavy atom. The lowest BCUT2D eigenvalue weighted by molar-refractivity contribution is -0.151. The molecule has 0 spiro atoms. The summed E-state index contributed by atoms with van der Waals surface area (Å²) in [6.45, 7) is 7.02. The second-order valence-corrected chi connectivity index (χ2v) is 4.77. The van der Waals surface area contributed by atoms with Gasteiger partial charge in [0.05, 0.1) is 17.6 Å². The fourth-order valence-electron chi connectivity index (χ4n) is 1.21. The smallest absolute Gasteiger partial charge is 0.305 e. The number of hydrogen-bond donors (Lipinski definition) is 3. The predicted octanol–water partition coefficient (Wildman–Crippen LogP) is 0.123. The summed E-state index contributed by atoms with van der Waals surface area (Å²) in [7, 11) is 0. The fourth-order valence-corrected chi connectivity index (χ4v) is 1.21. The van der Waals surface area contributed by atoms with Gasteiger partial charge in [0.25, 0.3) is 0 Å². The summed E-state index contributed by atoms with van der Waals surface area (Å²) in [6, 6.07) is 0. The van der Waals surface area contributed by atoms with Crippen LogP contribution in [0.2, 0.25) is 0 Å². The summed E-state index contributed by atoms with van der Waals surface area (Å²) < 4.78 is 0. The van der Waals surface area contributed by atoms with E-state index >= 15 is 0 Å². The van der Waals surface area contributed by atoms with Crippen molar-refractivity contribution in [2.24, 2.45) is 0 Å². The molecule has 0 aliphatic carbocycles. The van der Waals surface area contributed by atoms with Crippen LogP contribution in [0.4, 0.5) is 0 Å².